The van der Waals surface area contributed by atoms with E-state index in [0.717, 1.165) is 24.0 Å². The summed E-state index contributed by atoms with van der Waals surface area (Å²) >= 11 is 0. The Hall–Kier alpha value is -3.08. The van der Waals surface area contributed by atoms with E-state index in [1.54, 1.807) is 0 Å². The Morgan fingerprint density at radius 3 is 2.45 bits per heavy atom. The summed E-state index contributed by atoms with van der Waals surface area (Å²) in [7, 11) is 0. The molecule has 0 fully saturated rings. The summed E-state index contributed by atoms with van der Waals surface area (Å²) in [5.74, 6) is 0. The number of nitrogens with one attached hydrogen (secondary N) is 1. The third kappa shape index (κ3) is 3.65. The number of rotatable bonds is 5. The van der Waals surface area contributed by atoms with Crippen LogP contribution in [-0.4, -0.2) is 15.9 Å². The van der Waals surface area contributed by atoms with Gasteiger partial charge in [0.05, 0.1) is 11.9 Å². The van der Waals surface area contributed by atoms with E-state index in [1.807, 2.05) is 47.4 Å². The minimum atomic E-state index is -0.414. The average molecular weight is 387 g/mol. The molecular weight excluding hydrogens is 362 g/mol. The molecule has 0 bridgehead atoms. The fourth-order valence-electron chi connectivity index (χ4n) is 4.58. The lowest BCUT2D eigenvalue weighted by Crippen LogP contribution is -2.23. The third-order valence-electron chi connectivity index (χ3n) is 5.96. The molecule has 1 aromatic heterocycles. The van der Waals surface area contributed by atoms with Crippen LogP contribution in [0, 0.1) is 0 Å². The van der Waals surface area contributed by atoms with Gasteiger partial charge in [-0.15, -0.1) is 0 Å². The minimum Gasteiger partial charge on any atom is -0.445 e. The predicted molar refractivity (Wildman–Crippen MR) is 111 cm³/mol. The third-order valence-corrected chi connectivity index (χ3v) is 5.96. The second kappa shape index (κ2) is 7.74. The number of hydrogen-bond acceptors (Lipinski definition) is 3. The molecule has 0 saturated carbocycles. The van der Waals surface area contributed by atoms with E-state index in [1.165, 1.54) is 53.6 Å². The monoisotopic (exact) mass is 387 g/mol. The minimum absolute atomic E-state index is 0.272. The number of nitrogens with zero attached hydrogens (tertiary/aromatic N) is 2. The van der Waals surface area contributed by atoms with Crippen molar-refractivity contribution in [2.75, 3.05) is 0 Å². The molecule has 5 rings (SSSR count). The topological polar surface area (TPSA) is 56.2 Å². The molecule has 0 unspecified atom stereocenters. The maximum Gasteiger partial charge on any atom is 0.407 e. The van der Waals surface area contributed by atoms with Crippen molar-refractivity contribution in [2.45, 2.75) is 51.7 Å². The number of aryl methyl sites for hydroxylation is 2. The van der Waals surface area contributed by atoms with Crippen LogP contribution >= 0.6 is 0 Å². The quantitative estimate of drug-likeness (QED) is 0.711. The first-order valence-corrected chi connectivity index (χ1v) is 10.4. The van der Waals surface area contributed by atoms with Gasteiger partial charge in [-0.1, -0.05) is 36.4 Å². The Morgan fingerprint density at radius 1 is 1.00 bits per heavy atom. The number of hydrogen-bond donors (Lipinski definition) is 1. The van der Waals surface area contributed by atoms with Gasteiger partial charge in [-0.25, -0.2) is 9.48 Å². The SMILES string of the molecule is O=C(NCc1cnn(-c2c3c(cc4c2CCC4)CCC3)c1)OCc1ccccc1. The van der Waals surface area contributed by atoms with E-state index in [4.69, 9.17) is 4.74 Å². The highest BCUT2D eigenvalue weighted by atomic mass is 16.5. The molecule has 2 aliphatic carbocycles. The molecule has 0 atom stereocenters. The molecule has 0 spiro atoms. The number of carbonyl (C=O) groups is 1. The van der Waals surface area contributed by atoms with E-state index >= 15 is 0 Å². The van der Waals surface area contributed by atoms with Crippen LogP contribution in [0.15, 0.2) is 48.8 Å². The lowest BCUT2D eigenvalue weighted by molar-refractivity contribution is 0.139. The van der Waals surface area contributed by atoms with E-state index in [9.17, 15) is 4.79 Å². The molecule has 0 saturated heterocycles. The van der Waals surface area contributed by atoms with Gasteiger partial charge in [0, 0.05) is 18.3 Å². The first-order chi connectivity index (χ1) is 14.3. The van der Waals surface area contributed by atoms with Gasteiger partial charge in [-0.05, 0) is 66.3 Å². The lowest BCUT2D eigenvalue weighted by Gasteiger charge is -2.15. The second-order valence-electron chi connectivity index (χ2n) is 7.92. The van der Waals surface area contributed by atoms with Gasteiger partial charge in [0.2, 0.25) is 0 Å². The van der Waals surface area contributed by atoms with Crippen molar-refractivity contribution >= 4 is 6.09 Å². The number of aromatic nitrogens is 2. The Bertz CT molecular complexity index is 1010. The fraction of sp³-hybridized carbons (Fsp3) is 0.333. The highest BCUT2D eigenvalue weighted by Gasteiger charge is 2.25. The highest BCUT2D eigenvalue weighted by molar-refractivity contribution is 5.67. The second-order valence-corrected chi connectivity index (χ2v) is 7.92. The molecule has 0 radical (unpaired) electrons. The number of alkyl carbamates (subject to hydrolysis) is 1. The first-order valence-electron chi connectivity index (χ1n) is 10.4. The molecule has 3 aromatic rings. The number of benzene rings is 2. The lowest BCUT2D eigenvalue weighted by atomic mass is 9.99. The van der Waals surface area contributed by atoms with Crippen molar-refractivity contribution in [1.82, 2.24) is 15.1 Å². The molecule has 2 aromatic carbocycles. The van der Waals surface area contributed by atoms with Crippen molar-refractivity contribution in [3.8, 4) is 5.69 Å². The molecular formula is C24H25N3O2. The van der Waals surface area contributed by atoms with Gasteiger partial charge in [-0.2, -0.15) is 5.10 Å². The van der Waals surface area contributed by atoms with E-state index in [2.05, 4.69) is 16.5 Å². The van der Waals surface area contributed by atoms with Crippen molar-refractivity contribution in [3.05, 3.63) is 82.2 Å². The zero-order valence-electron chi connectivity index (χ0n) is 16.5. The van der Waals surface area contributed by atoms with Gasteiger partial charge in [-0.3, -0.25) is 0 Å². The van der Waals surface area contributed by atoms with E-state index < -0.39 is 6.09 Å². The van der Waals surface area contributed by atoms with Crippen molar-refractivity contribution in [1.29, 1.82) is 0 Å². The molecule has 5 nitrogen and oxygen atoms in total. The summed E-state index contributed by atoms with van der Waals surface area (Å²) in [5, 5.41) is 7.46. The van der Waals surface area contributed by atoms with Gasteiger partial charge in [0.15, 0.2) is 0 Å². The molecule has 148 valence electrons. The van der Waals surface area contributed by atoms with Gasteiger partial charge < -0.3 is 10.1 Å². The fourth-order valence-corrected chi connectivity index (χ4v) is 4.58. The van der Waals surface area contributed by atoms with Crippen LogP contribution in [0.2, 0.25) is 0 Å². The molecule has 2 aliphatic rings. The summed E-state index contributed by atoms with van der Waals surface area (Å²) in [6.07, 6.45) is 10.6. The van der Waals surface area contributed by atoms with Crippen LogP contribution < -0.4 is 5.32 Å². The Balaban J connectivity index is 1.27. The highest BCUT2D eigenvalue weighted by Crippen LogP contribution is 2.37. The summed E-state index contributed by atoms with van der Waals surface area (Å²) in [6, 6.07) is 12.1. The maximum atomic E-state index is 12.0. The summed E-state index contributed by atoms with van der Waals surface area (Å²) in [4.78, 5) is 12.0. The van der Waals surface area contributed by atoms with Crippen molar-refractivity contribution < 1.29 is 9.53 Å². The van der Waals surface area contributed by atoms with Gasteiger partial charge in [0.1, 0.15) is 6.61 Å². The van der Waals surface area contributed by atoms with Crippen LogP contribution in [0.1, 0.15) is 46.2 Å². The van der Waals surface area contributed by atoms with Crippen LogP contribution in [0.5, 0.6) is 0 Å². The van der Waals surface area contributed by atoms with Crippen molar-refractivity contribution in [2.24, 2.45) is 0 Å². The predicted octanol–water partition coefficient (Wildman–Crippen LogP) is 4.28. The zero-order valence-corrected chi connectivity index (χ0v) is 16.5. The standard InChI is InChI=1S/C24H25N3O2/c28-24(29-16-17-6-2-1-3-7-17)25-13-18-14-26-27(15-18)23-21-10-4-8-19(21)12-20-9-5-11-22(20)23/h1-3,6-7,12,14-15H,4-5,8-11,13,16H2,(H,25,28). The Kier molecular flexibility index (Phi) is 4.80. The van der Waals surface area contributed by atoms with Crippen LogP contribution in [0.3, 0.4) is 0 Å². The van der Waals surface area contributed by atoms with E-state index in [-0.39, 0.29) is 6.61 Å². The maximum absolute atomic E-state index is 12.0. The normalized spacial score (nSPS) is 14.5. The summed E-state index contributed by atoms with van der Waals surface area (Å²) in [5.41, 5.74) is 9.18. The van der Waals surface area contributed by atoms with Crippen LogP contribution in [0.25, 0.3) is 5.69 Å². The molecule has 1 N–H and O–H groups in total. The number of amides is 1. The smallest absolute Gasteiger partial charge is 0.407 e. The molecule has 1 heterocycles. The van der Waals surface area contributed by atoms with Gasteiger partial charge >= 0.3 is 6.09 Å². The summed E-state index contributed by atoms with van der Waals surface area (Å²) < 4.78 is 7.31. The van der Waals surface area contributed by atoms with Gasteiger partial charge in [0.25, 0.3) is 0 Å². The number of fused-ring (bicyclic) bond motifs is 2. The number of carbonyl (C=O) groups excluding carboxylic acids is 1. The van der Waals surface area contributed by atoms with Crippen molar-refractivity contribution in [3.63, 3.8) is 0 Å². The Morgan fingerprint density at radius 2 is 1.72 bits per heavy atom. The summed E-state index contributed by atoms with van der Waals surface area (Å²) in [6.45, 7) is 0.680. The molecule has 29 heavy (non-hydrogen) atoms. The van der Waals surface area contributed by atoms with Crippen LogP contribution in [-0.2, 0) is 43.6 Å². The molecule has 1 amide bonds. The van der Waals surface area contributed by atoms with E-state index in [0.29, 0.717) is 6.54 Å². The Labute approximate surface area is 170 Å². The van der Waals surface area contributed by atoms with Crippen LogP contribution in [0.4, 0.5) is 4.79 Å². The zero-order chi connectivity index (χ0) is 19.6. The largest absolute Gasteiger partial charge is 0.445 e. The number of ether oxygens (including phenoxy) is 1. The average Bonchev–Trinajstić information content (AvgIpc) is 3.50. The molecule has 0 aliphatic heterocycles. The first kappa shape index (κ1) is 18.0. The molecule has 5 heteroatoms.